The highest BCUT2D eigenvalue weighted by molar-refractivity contribution is 5.72. The Morgan fingerprint density at radius 2 is 0.667 bits per heavy atom. The molecule has 0 aliphatic rings. The smallest absolute Gasteiger partial charge is 0.126 e. The number of hydrogen-bond donors (Lipinski definition) is 2. The molecule has 0 aromatic rings. The lowest BCUT2D eigenvalue weighted by Gasteiger charge is -1.56. The molecule has 0 saturated heterocycles. The minimum absolute atomic E-state index is 0.167. The van der Waals surface area contributed by atoms with Crippen molar-refractivity contribution in [2.75, 3.05) is 14.1 Å². The first-order valence-electron chi connectivity index (χ1n) is 3.56. The SMILES string of the molecule is CC(C)=O.CC(C)=O.CN.CN. The Balaban J connectivity index is -0.0000000380. The van der Waals surface area contributed by atoms with Crippen LogP contribution in [0.3, 0.4) is 0 Å². The van der Waals surface area contributed by atoms with E-state index in [2.05, 4.69) is 11.5 Å². The van der Waals surface area contributed by atoms with Crippen LogP contribution in [0, 0.1) is 0 Å². The summed E-state index contributed by atoms with van der Waals surface area (Å²) in [5, 5.41) is 0. The first-order valence-corrected chi connectivity index (χ1v) is 3.56. The van der Waals surface area contributed by atoms with E-state index < -0.39 is 0 Å². The van der Waals surface area contributed by atoms with Crippen LogP contribution in [0.15, 0.2) is 0 Å². The average Bonchev–Trinajstić information content (AvgIpc) is 1.93. The molecule has 0 unspecified atom stereocenters. The van der Waals surface area contributed by atoms with Gasteiger partial charge in [0.2, 0.25) is 0 Å². The van der Waals surface area contributed by atoms with Gasteiger partial charge in [-0.1, -0.05) is 0 Å². The molecule has 4 N–H and O–H groups in total. The van der Waals surface area contributed by atoms with Gasteiger partial charge in [0.05, 0.1) is 0 Å². The van der Waals surface area contributed by atoms with E-state index in [-0.39, 0.29) is 11.6 Å². The fourth-order valence-electron chi connectivity index (χ4n) is 0. The van der Waals surface area contributed by atoms with Gasteiger partial charge in [0, 0.05) is 0 Å². The van der Waals surface area contributed by atoms with E-state index in [1.165, 1.54) is 41.8 Å². The van der Waals surface area contributed by atoms with Crippen molar-refractivity contribution in [3.8, 4) is 0 Å². The molecule has 0 atom stereocenters. The summed E-state index contributed by atoms with van der Waals surface area (Å²) in [5.74, 6) is 0.333. The fraction of sp³-hybridized carbons (Fsp3) is 0.750. The van der Waals surface area contributed by atoms with E-state index in [0.29, 0.717) is 0 Å². The van der Waals surface area contributed by atoms with Crippen molar-refractivity contribution in [1.29, 1.82) is 0 Å². The van der Waals surface area contributed by atoms with Crippen molar-refractivity contribution in [1.82, 2.24) is 0 Å². The fourth-order valence-corrected chi connectivity index (χ4v) is 0. The monoisotopic (exact) mass is 178 g/mol. The van der Waals surface area contributed by atoms with Crippen LogP contribution in [-0.2, 0) is 9.59 Å². The maximum atomic E-state index is 9.44. The molecule has 0 fully saturated rings. The Bertz CT molecular complexity index is 73.1. The minimum Gasteiger partial charge on any atom is -0.333 e. The molecule has 4 heteroatoms. The molecule has 0 spiro atoms. The van der Waals surface area contributed by atoms with Gasteiger partial charge in [-0.2, -0.15) is 0 Å². The van der Waals surface area contributed by atoms with E-state index in [1.54, 1.807) is 0 Å². The Morgan fingerprint density at radius 1 is 0.667 bits per heavy atom. The topological polar surface area (TPSA) is 86.2 Å². The number of ketones is 2. The highest BCUT2D eigenvalue weighted by Gasteiger charge is 1.62. The first-order chi connectivity index (χ1) is 5.46. The summed E-state index contributed by atoms with van der Waals surface area (Å²) in [6.07, 6.45) is 0. The number of nitrogens with two attached hydrogens (primary N) is 2. The normalized spacial score (nSPS) is 5.33. The van der Waals surface area contributed by atoms with Gasteiger partial charge >= 0.3 is 0 Å². The summed E-state index contributed by atoms with van der Waals surface area (Å²) < 4.78 is 0. The molecule has 0 aliphatic carbocycles. The maximum Gasteiger partial charge on any atom is 0.126 e. The van der Waals surface area contributed by atoms with Crippen LogP contribution >= 0.6 is 0 Å². The molecule has 4 nitrogen and oxygen atoms in total. The zero-order chi connectivity index (χ0) is 11.2. The quantitative estimate of drug-likeness (QED) is 0.560. The second-order valence-corrected chi connectivity index (χ2v) is 1.82. The van der Waals surface area contributed by atoms with E-state index in [1.807, 2.05) is 0 Å². The Labute approximate surface area is 75.3 Å². The number of carbonyl (C=O) groups is 2. The van der Waals surface area contributed by atoms with Crippen LogP contribution in [0.1, 0.15) is 27.7 Å². The van der Waals surface area contributed by atoms with Crippen molar-refractivity contribution >= 4 is 11.6 Å². The van der Waals surface area contributed by atoms with Gasteiger partial charge < -0.3 is 21.1 Å². The molecule has 0 aliphatic heterocycles. The van der Waals surface area contributed by atoms with Crippen molar-refractivity contribution in [3.63, 3.8) is 0 Å². The van der Waals surface area contributed by atoms with Gasteiger partial charge in [-0.25, -0.2) is 0 Å². The lowest BCUT2D eigenvalue weighted by atomic mass is 10.6. The average molecular weight is 178 g/mol. The molecule has 0 saturated carbocycles. The first kappa shape index (κ1) is 22.5. The zero-order valence-corrected chi connectivity index (χ0v) is 8.97. The summed E-state index contributed by atoms with van der Waals surface area (Å²) in [4.78, 5) is 18.9. The molecule has 0 heterocycles. The third kappa shape index (κ3) is 1150. The Kier molecular flexibility index (Phi) is 59.6. The third-order valence-corrected chi connectivity index (χ3v) is 0. The van der Waals surface area contributed by atoms with Gasteiger partial charge in [0.1, 0.15) is 11.6 Å². The van der Waals surface area contributed by atoms with Gasteiger partial charge in [-0.3, -0.25) is 0 Å². The standard InChI is InChI=1S/2C3H6O.2CH5N/c2*1-3(2)4;2*1-2/h2*1-2H3;2*2H2,1H3. The molecule has 0 amide bonds. The molecule has 0 bridgehead atoms. The van der Waals surface area contributed by atoms with E-state index in [0.717, 1.165) is 0 Å². The summed E-state index contributed by atoms with van der Waals surface area (Å²) >= 11 is 0. The molecule has 0 aromatic carbocycles. The van der Waals surface area contributed by atoms with Gasteiger partial charge in [-0.05, 0) is 41.8 Å². The predicted octanol–water partition coefficient (Wildman–Crippen LogP) is 0.340. The Hall–Kier alpha value is -0.740. The van der Waals surface area contributed by atoms with Crippen molar-refractivity contribution in [2.24, 2.45) is 11.5 Å². The lowest BCUT2D eigenvalue weighted by Crippen LogP contribution is -1.69. The van der Waals surface area contributed by atoms with E-state index in [4.69, 9.17) is 0 Å². The van der Waals surface area contributed by atoms with Crippen molar-refractivity contribution in [3.05, 3.63) is 0 Å². The lowest BCUT2D eigenvalue weighted by molar-refractivity contribution is -0.115. The highest BCUT2D eigenvalue weighted by atomic mass is 16.1. The number of hydrogen-bond acceptors (Lipinski definition) is 4. The third-order valence-electron chi connectivity index (χ3n) is 0. The predicted molar refractivity (Wildman–Crippen MR) is 52.9 cm³/mol. The molecule has 76 valence electrons. The summed E-state index contributed by atoms with van der Waals surface area (Å²) in [7, 11) is 3.00. The van der Waals surface area contributed by atoms with Gasteiger partial charge in [-0.15, -0.1) is 0 Å². The van der Waals surface area contributed by atoms with Crippen LogP contribution in [-0.4, -0.2) is 25.7 Å². The van der Waals surface area contributed by atoms with Crippen molar-refractivity contribution < 1.29 is 9.59 Å². The number of Topliss-reactive ketones (excluding diaryl/α,β-unsaturated/α-hetero) is 2. The molecule has 0 radical (unpaired) electrons. The van der Waals surface area contributed by atoms with Crippen LogP contribution in [0.25, 0.3) is 0 Å². The maximum absolute atomic E-state index is 9.44. The Morgan fingerprint density at radius 3 is 0.667 bits per heavy atom. The molecule has 12 heavy (non-hydrogen) atoms. The second kappa shape index (κ2) is 31.8. The van der Waals surface area contributed by atoms with Gasteiger partial charge in [0.15, 0.2) is 0 Å². The number of carbonyl (C=O) groups excluding carboxylic acids is 2. The van der Waals surface area contributed by atoms with E-state index in [9.17, 15) is 9.59 Å². The van der Waals surface area contributed by atoms with E-state index >= 15 is 0 Å². The molecule has 0 aromatic heterocycles. The molecular weight excluding hydrogens is 156 g/mol. The van der Waals surface area contributed by atoms with Crippen LogP contribution in [0.2, 0.25) is 0 Å². The largest absolute Gasteiger partial charge is 0.333 e. The van der Waals surface area contributed by atoms with Crippen LogP contribution in [0.5, 0.6) is 0 Å². The van der Waals surface area contributed by atoms with Crippen molar-refractivity contribution in [2.45, 2.75) is 27.7 Å². The van der Waals surface area contributed by atoms with Crippen LogP contribution < -0.4 is 11.5 Å². The summed E-state index contributed by atoms with van der Waals surface area (Å²) in [6.45, 7) is 6.11. The molecular formula is C8H22N2O2. The molecule has 0 rings (SSSR count). The summed E-state index contributed by atoms with van der Waals surface area (Å²) in [6, 6.07) is 0. The zero-order valence-electron chi connectivity index (χ0n) is 8.97. The number of rotatable bonds is 0. The van der Waals surface area contributed by atoms with Crippen LogP contribution in [0.4, 0.5) is 0 Å². The summed E-state index contributed by atoms with van der Waals surface area (Å²) in [5.41, 5.74) is 9.00. The minimum atomic E-state index is 0.167. The second-order valence-electron chi connectivity index (χ2n) is 1.82. The van der Waals surface area contributed by atoms with Gasteiger partial charge in [0.25, 0.3) is 0 Å². The highest BCUT2D eigenvalue weighted by Crippen LogP contribution is 1.50.